The van der Waals surface area contributed by atoms with Crippen LogP contribution in [-0.4, -0.2) is 26.4 Å². The van der Waals surface area contributed by atoms with Crippen LogP contribution in [0.15, 0.2) is 54.6 Å². The molecule has 0 unspecified atom stereocenters. The molecule has 0 bridgehead atoms. The first-order chi connectivity index (χ1) is 15.1. The SMILES string of the molecule is CC(C)(Br)C(=O)Nc1ccc2c(c1)C(=O)OC21c2ccc(O)cc2Oc2cc(O)ccc21. The van der Waals surface area contributed by atoms with Crippen LogP contribution in [0, 0.1) is 0 Å². The van der Waals surface area contributed by atoms with Crippen LogP contribution < -0.4 is 10.1 Å². The van der Waals surface area contributed by atoms with Crippen LogP contribution >= 0.6 is 15.9 Å². The van der Waals surface area contributed by atoms with Gasteiger partial charge in [0.25, 0.3) is 0 Å². The Balaban J connectivity index is 1.71. The van der Waals surface area contributed by atoms with Crippen molar-refractivity contribution in [3.05, 3.63) is 76.9 Å². The van der Waals surface area contributed by atoms with Crippen LogP contribution in [0.2, 0.25) is 0 Å². The third-order valence-corrected chi connectivity index (χ3v) is 5.93. The molecule has 0 radical (unpaired) electrons. The molecule has 0 aliphatic carbocycles. The first-order valence-corrected chi connectivity index (χ1v) is 10.6. The minimum Gasteiger partial charge on any atom is -0.508 e. The maximum atomic E-state index is 13.0. The Labute approximate surface area is 191 Å². The third kappa shape index (κ3) is 2.94. The number of anilines is 1. The van der Waals surface area contributed by atoms with Gasteiger partial charge < -0.3 is 25.0 Å². The number of halogens is 1. The van der Waals surface area contributed by atoms with E-state index in [1.54, 1.807) is 44.2 Å². The summed E-state index contributed by atoms with van der Waals surface area (Å²) in [6.45, 7) is 3.44. The van der Waals surface area contributed by atoms with Gasteiger partial charge in [-0.05, 0) is 50.2 Å². The summed E-state index contributed by atoms with van der Waals surface area (Å²) in [6.07, 6.45) is 0. The van der Waals surface area contributed by atoms with Crippen LogP contribution in [0.1, 0.15) is 40.9 Å². The number of ether oxygens (including phenoxy) is 2. The van der Waals surface area contributed by atoms with E-state index in [-0.39, 0.29) is 17.4 Å². The molecule has 1 amide bonds. The maximum absolute atomic E-state index is 13.0. The minimum atomic E-state index is -1.33. The Morgan fingerprint density at radius 1 is 0.938 bits per heavy atom. The van der Waals surface area contributed by atoms with E-state index in [2.05, 4.69) is 21.2 Å². The van der Waals surface area contributed by atoms with Crippen molar-refractivity contribution in [3.63, 3.8) is 0 Å². The molecule has 3 N–H and O–H groups in total. The molecule has 0 atom stereocenters. The number of nitrogens with one attached hydrogen (secondary N) is 1. The zero-order valence-electron chi connectivity index (χ0n) is 17.1. The number of fused-ring (bicyclic) bond motifs is 6. The van der Waals surface area contributed by atoms with Crippen LogP contribution in [0.3, 0.4) is 0 Å². The third-order valence-electron chi connectivity index (χ3n) is 5.57. The fourth-order valence-electron chi connectivity index (χ4n) is 4.06. The van der Waals surface area contributed by atoms with Crippen LogP contribution in [0.25, 0.3) is 0 Å². The lowest BCUT2D eigenvalue weighted by molar-refractivity contribution is -0.117. The fourth-order valence-corrected chi connectivity index (χ4v) is 4.16. The van der Waals surface area contributed by atoms with Crippen molar-refractivity contribution in [1.29, 1.82) is 0 Å². The summed E-state index contributed by atoms with van der Waals surface area (Å²) in [5.41, 5.74) is 1.08. The van der Waals surface area contributed by atoms with Crippen LogP contribution in [0.4, 0.5) is 5.69 Å². The Bertz CT molecular complexity index is 1260. The van der Waals surface area contributed by atoms with E-state index < -0.39 is 15.9 Å². The second-order valence-corrected chi connectivity index (χ2v) is 10.2. The lowest BCUT2D eigenvalue weighted by Crippen LogP contribution is -2.33. The Morgan fingerprint density at radius 3 is 2.06 bits per heavy atom. The molecular formula is C24H18BrNO6. The number of alkyl halides is 1. The van der Waals surface area contributed by atoms with Crippen molar-refractivity contribution in [2.45, 2.75) is 23.8 Å². The zero-order chi connectivity index (χ0) is 22.8. The van der Waals surface area contributed by atoms with Crippen molar-refractivity contribution < 1.29 is 29.3 Å². The number of carbonyl (C=O) groups excluding carboxylic acids is 2. The molecule has 0 saturated heterocycles. The summed E-state index contributed by atoms with van der Waals surface area (Å²) in [7, 11) is 0. The lowest BCUT2D eigenvalue weighted by Gasteiger charge is -2.36. The molecule has 3 aromatic carbocycles. The van der Waals surface area contributed by atoms with Gasteiger partial charge in [-0.3, -0.25) is 4.79 Å². The predicted octanol–water partition coefficient (Wildman–Crippen LogP) is 4.78. The van der Waals surface area contributed by atoms with Gasteiger partial charge in [-0.2, -0.15) is 0 Å². The van der Waals surface area contributed by atoms with E-state index in [0.29, 0.717) is 39.4 Å². The first-order valence-electron chi connectivity index (χ1n) is 9.83. The molecule has 2 aliphatic heterocycles. The number of rotatable bonds is 2. The van der Waals surface area contributed by atoms with Crippen molar-refractivity contribution in [3.8, 4) is 23.0 Å². The first kappa shape index (κ1) is 20.4. The number of hydrogen-bond donors (Lipinski definition) is 3. The predicted molar refractivity (Wildman–Crippen MR) is 120 cm³/mol. The molecule has 1 spiro atoms. The second-order valence-electron chi connectivity index (χ2n) is 8.22. The molecule has 0 aromatic heterocycles. The quantitative estimate of drug-likeness (QED) is 0.349. The van der Waals surface area contributed by atoms with Gasteiger partial charge >= 0.3 is 5.97 Å². The fraction of sp³-hybridized carbons (Fsp3) is 0.167. The highest BCUT2D eigenvalue weighted by atomic mass is 79.9. The van der Waals surface area contributed by atoms with Crippen LogP contribution in [0.5, 0.6) is 23.0 Å². The highest BCUT2D eigenvalue weighted by Gasteiger charge is 2.53. The molecule has 0 saturated carbocycles. The molecule has 5 rings (SSSR count). The summed E-state index contributed by atoms with van der Waals surface area (Å²) in [4.78, 5) is 25.4. The van der Waals surface area contributed by atoms with E-state index in [4.69, 9.17) is 9.47 Å². The van der Waals surface area contributed by atoms with Gasteiger partial charge in [-0.1, -0.05) is 22.0 Å². The Kier molecular flexibility index (Phi) is 4.29. The Hall–Kier alpha value is -3.52. The summed E-state index contributed by atoms with van der Waals surface area (Å²) in [5, 5.41) is 22.7. The summed E-state index contributed by atoms with van der Waals surface area (Å²) < 4.78 is 11.2. The average Bonchev–Trinajstić information content (AvgIpc) is 2.99. The lowest BCUT2D eigenvalue weighted by atomic mass is 9.77. The number of carbonyl (C=O) groups is 2. The summed E-state index contributed by atoms with van der Waals surface area (Å²) in [6, 6.07) is 14.2. The molecule has 2 aliphatic rings. The largest absolute Gasteiger partial charge is 0.508 e. The molecule has 8 heteroatoms. The zero-order valence-corrected chi connectivity index (χ0v) is 18.7. The monoisotopic (exact) mass is 495 g/mol. The number of phenols is 2. The topological polar surface area (TPSA) is 105 Å². The van der Waals surface area contributed by atoms with E-state index in [0.717, 1.165) is 0 Å². The van der Waals surface area contributed by atoms with Crippen molar-refractivity contribution >= 4 is 33.5 Å². The second kappa shape index (κ2) is 6.74. The van der Waals surface area contributed by atoms with Gasteiger partial charge in [0.15, 0.2) is 5.60 Å². The highest BCUT2D eigenvalue weighted by Crippen LogP contribution is 2.57. The van der Waals surface area contributed by atoms with Gasteiger partial charge in [0.05, 0.1) is 9.89 Å². The molecule has 162 valence electrons. The molecule has 0 fully saturated rings. The number of esters is 1. The smallest absolute Gasteiger partial charge is 0.340 e. The van der Waals surface area contributed by atoms with Gasteiger partial charge in [-0.15, -0.1) is 0 Å². The number of phenolic OH excluding ortho intramolecular Hbond substituents is 2. The molecule has 2 heterocycles. The average molecular weight is 496 g/mol. The summed E-state index contributed by atoms with van der Waals surface area (Å²) in [5.74, 6) is -0.227. The van der Waals surface area contributed by atoms with Crippen molar-refractivity contribution in [1.82, 2.24) is 0 Å². The van der Waals surface area contributed by atoms with E-state index in [1.807, 2.05) is 0 Å². The molecular weight excluding hydrogens is 478 g/mol. The number of benzene rings is 3. The van der Waals surface area contributed by atoms with Crippen LogP contribution in [-0.2, 0) is 15.1 Å². The van der Waals surface area contributed by atoms with Crippen molar-refractivity contribution in [2.75, 3.05) is 5.32 Å². The minimum absolute atomic E-state index is 0.0116. The van der Waals surface area contributed by atoms with Gasteiger partial charge in [-0.25, -0.2) is 4.79 Å². The Morgan fingerprint density at radius 2 is 1.50 bits per heavy atom. The van der Waals surface area contributed by atoms with E-state index in [1.165, 1.54) is 24.3 Å². The normalized spacial score (nSPS) is 15.3. The van der Waals surface area contributed by atoms with Gasteiger partial charge in [0.1, 0.15) is 23.0 Å². The van der Waals surface area contributed by atoms with E-state index in [9.17, 15) is 19.8 Å². The molecule has 7 nitrogen and oxygen atoms in total. The van der Waals surface area contributed by atoms with Crippen molar-refractivity contribution in [2.24, 2.45) is 0 Å². The maximum Gasteiger partial charge on any atom is 0.340 e. The number of hydrogen-bond acceptors (Lipinski definition) is 6. The standard InChI is InChI=1S/C24H18BrNO6/c1-23(2,25)22(30)26-12-3-6-16-15(9-12)21(29)32-24(16)17-7-4-13(27)10-19(17)31-20-11-14(28)5-8-18(20)24/h3-11,27-28H,1-2H3,(H,26,30). The number of amides is 1. The molecule has 32 heavy (non-hydrogen) atoms. The summed E-state index contributed by atoms with van der Waals surface area (Å²) >= 11 is 3.32. The van der Waals surface area contributed by atoms with Gasteiger partial charge in [0.2, 0.25) is 5.91 Å². The highest BCUT2D eigenvalue weighted by molar-refractivity contribution is 9.10. The van der Waals surface area contributed by atoms with Gasteiger partial charge in [0, 0.05) is 34.5 Å². The molecule has 3 aromatic rings. The number of aromatic hydroxyl groups is 2. The van der Waals surface area contributed by atoms with E-state index >= 15 is 0 Å².